The highest BCUT2D eigenvalue weighted by molar-refractivity contribution is 5.20. The Morgan fingerprint density at radius 2 is 1.35 bits per heavy atom. The van der Waals surface area contributed by atoms with Crippen molar-refractivity contribution < 1.29 is 0 Å². The topological polar surface area (TPSA) is 3.24 Å². The van der Waals surface area contributed by atoms with E-state index in [9.17, 15) is 0 Å². The Bertz CT molecular complexity index is 157. The Balaban J connectivity index is -0.000000121. The van der Waals surface area contributed by atoms with E-state index in [-0.39, 0.29) is 0 Å². The minimum absolute atomic E-state index is 1.04. The molecule has 0 fully saturated rings. The van der Waals surface area contributed by atoms with Crippen LogP contribution >= 0.6 is 0 Å². The van der Waals surface area contributed by atoms with Crippen LogP contribution in [-0.2, 0) is 0 Å². The van der Waals surface area contributed by atoms with Crippen molar-refractivity contribution in [2.24, 2.45) is 0 Å². The SMILES string of the molecule is C=C/C(=C(/C)CC)N(C)CC.CC.CC.CC. The number of nitrogens with zero attached hydrogens (tertiary/aromatic N) is 1. The fourth-order valence-corrected chi connectivity index (χ4v) is 1.01. The van der Waals surface area contributed by atoms with Crippen molar-refractivity contribution in [3.8, 4) is 0 Å². The van der Waals surface area contributed by atoms with Gasteiger partial charge in [-0.25, -0.2) is 0 Å². The van der Waals surface area contributed by atoms with Gasteiger partial charge in [0.05, 0.1) is 0 Å². The van der Waals surface area contributed by atoms with Crippen LogP contribution in [0.3, 0.4) is 0 Å². The predicted molar refractivity (Wildman–Crippen MR) is 85.5 cm³/mol. The highest BCUT2D eigenvalue weighted by atomic mass is 15.1. The van der Waals surface area contributed by atoms with Gasteiger partial charge in [-0.05, 0) is 26.3 Å². The third-order valence-corrected chi connectivity index (χ3v) is 2.05. The van der Waals surface area contributed by atoms with Gasteiger partial charge in [0, 0.05) is 19.3 Å². The zero-order valence-electron chi connectivity index (χ0n) is 14.1. The van der Waals surface area contributed by atoms with Gasteiger partial charge in [0.15, 0.2) is 0 Å². The van der Waals surface area contributed by atoms with E-state index in [1.165, 1.54) is 11.3 Å². The molecule has 0 atom stereocenters. The Kier molecular flexibility index (Phi) is 36.3. The number of rotatable bonds is 4. The minimum atomic E-state index is 1.04. The second kappa shape index (κ2) is 24.5. The first-order chi connectivity index (χ1) is 8.17. The van der Waals surface area contributed by atoms with Crippen LogP contribution in [0.25, 0.3) is 0 Å². The summed E-state index contributed by atoms with van der Waals surface area (Å²) in [5, 5.41) is 0. The van der Waals surface area contributed by atoms with E-state index in [0.29, 0.717) is 0 Å². The van der Waals surface area contributed by atoms with Gasteiger partial charge in [-0.15, -0.1) is 0 Å². The van der Waals surface area contributed by atoms with Crippen LogP contribution in [0, 0.1) is 0 Å². The van der Waals surface area contributed by atoms with Gasteiger partial charge in [-0.1, -0.05) is 60.6 Å². The zero-order valence-corrected chi connectivity index (χ0v) is 14.1. The van der Waals surface area contributed by atoms with E-state index in [1.54, 1.807) is 0 Å². The Morgan fingerprint density at radius 1 is 1.00 bits per heavy atom. The van der Waals surface area contributed by atoms with Gasteiger partial charge in [0.25, 0.3) is 0 Å². The molecule has 0 aliphatic heterocycles. The average molecular weight is 243 g/mol. The third-order valence-electron chi connectivity index (χ3n) is 2.05. The number of hydrogen-bond acceptors (Lipinski definition) is 1. The molecule has 0 unspecified atom stereocenters. The highest BCUT2D eigenvalue weighted by Crippen LogP contribution is 2.11. The smallest absolute Gasteiger partial charge is 0.0346 e. The van der Waals surface area contributed by atoms with E-state index in [1.807, 2.05) is 47.6 Å². The minimum Gasteiger partial charge on any atom is -0.375 e. The fourth-order valence-electron chi connectivity index (χ4n) is 1.01. The summed E-state index contributed by atoms with van der Waals surface area (Å²) in [6.45, 7) is 23.3. The fraction of sp³-hybridized carbons (Fsp3) is 0.750. The maximum absolute atomic E-state index is 3.80. The lowest BCUT2D eigenvalue weighted by Gasteiger charge is -2.20. The molecule has 17 heavy (non-hydrogen) atoms. The van der Waals surface area contributed by atoms with Crippen molar-refractivity contribution in [1.29, 1.82) is 0 Å². The molecule has 0 spiro atoms. The number of hydrogen-bond donors (Lipinski definition) is 0. The summed E-state index contributed by atoms with van der Waals surface area (Å²) < 4.78 is 0. The first kappa shape index (κ1) is 25.2. The van der Waals surface area contributed by atoms with E-state index >= 15 is 0 Å². The van der Waals surface area contributed by atoms with Crippen LogP contribution in [-0.4, -0.2) is 18.5 Å². The number of allylic oxidation sites excluding steroid dienone is 2. The Hall–Kier alpha value is -0.720. The van der Waals surface area contributed by atoms with Crippen molar-refractivity contribution in [3.63, 3.8) is 0 Å². The molecule has 0 aliphatic carbocycles. The van der Waals surface area contributed by atoms with Gasteiger partial charge in [0.2, 0.25) is 0 Å². The van der Waals surface area contributed by atoms with E-state index in [0.717, 1.165) is 13.0 Å². The third kappa shape index (κ3) is 15.3. The number of likely N-dealkylation sites (N-methyl/N-ethyl adjacent to an activating group) is 1. The van der Waals surface area contributed by atoms with Gasteiger partial charge in [-0.3, -0.25) is 0 Å². The van der Waals surface area contributed by atoms with Gasteiger partial charge in [-0.2, -0.15) is 0 Å². The van der Waals surface area contributed by atoms with E-state index in [4.69, 9.17) is 0 Å². The molecular formula is C16H37N. The summed E-state index contributed by atoms with van der Waals surface area (Å²) in [4.78, 5) is 2.21. The molecule has 0 aromatic carbocycles. The van der Waals surface area contributed by atoms with E-state index in [2.05, 4.69) is 39.3 Å². The largest absolute Gasteiger partial charge is 0.375 e. The molecule has 0 amide bonds. The van der Waals surface area contributed by atoms with Crippen molar-refractivity contribution >= 4 is 0 Å². The van der Waals surface area contributed by atoms with E-state index < -0.39 is 0 Å². The quantitative estimate of drug-likeness (QED) is 0.557. The van der Waals surface area contributed by atoms with Crippen molar-refractivity contribution in [3.05, 3.63) is 23.9 Å². The normalized spacial score (nSPS) is 9.06. The second-order valence-electron chi connectivity index (χ2n) is 2.74. The molecular weight excluding hydrogens is 206 g/mol. The van der Waals surface area contributed by atoms with Crippen molar-refractivity contribution in [2.75, 3.05) is 13.6 Å². The molecule has 1 nitrogen and oxygen atoms in total. The van der Waals surface area contributed by atoms with Crippen molar-refractivity contribution in [1.82, 2.24) is 4.90 Å². The van der Waals surface area contributed by atoms with Crippen LogP contribution in [0.1, 0.15) is 68.7 Å². The lowest BCUT2D eigenvalue weighted by molar-refractivity contribution is 0.450. The summed E-state index contributed by atoms with van der Waals surface area (Å²) >= 11 is 0. The first-order valence-corrected chi connectivity index (χ1v) is 7.20. The molecule has 0 radical (unpaired) electrons. The van der Waals surface area contributed by atoms with Crippen LogP contribution < -0.4 is 0 Å². The second-order valence-corrected chi connectivity index (χ2v) is 2.74. The van der Waals surface area contributed by atoms with Crippen LogP contribution in [0.2, 0.25) is 0 Å². The lowest BCUT2D eigenvalue weighted by atomic mass is 10.1. The predicted octanol–water partition coefficient (Wildman–Crippen LogP) is 5.89. The molecule has 0 heterocycles. The highest BCUT2D eigenvalue weighted by Gasteiger charge is 2.00. The van der Waals surface area contributed by atoms with Gasteiger partial charge in [0.1, 0.15) is 0 Å². The molecule has 106 valence electrons. The molecule has 0 aromatic heterocycles. The van der Waals surface area contributed by atoms with Crippen molar-refractivity contribution in [2.45, 2.75) is 68.7 Å². The lowest BCUT2D eigenvalue weighted by Crippen LogP contribution is -2.16. The maximum atomic E-state index is 3.80. The summed E-state index contributed by atoms with van der Waals surface area (Å²) in [5.74, 6) is 0. The molecule has 0 saturated carbocycles. The standard InChI is InChI=1S/C10H19N.3C2H6/c1-6-9(4)10(7-2)11(5)8-3;3*1-2/h7H,2,6,8H2,1,3-5H3;3*1-2H3/b10-9+;;;. The van der Waals surface area contributed by atoms with Crippen LogP contribution in [0.4, 0.5) is 0 Å². The molecule has 0 saturated heterocycles. The Morgan fingerprint density at radius 3 is 1.53 bits per heavy atom. The van der Waals surface area contributed by atoms with Gasteiger partial charge >= 0.3 is 0 Å². The summed E-state index contributed by atoms with van der Waals surface area (Å²) in [7, 11) is 2.09. The molecule has 0 aliphatic rings. The summed E-state index contributed by atoms with van der Waals surface area (Å²) in [6.07, 6.45) is 3.04. The van der Waals surface area contributed by atoms with Gasteiger partial charge < -0.3 is 4.90 Å². The first-order valence-electron chi connectivity index (χ1n) is 7.20. The molecule has 0 bridgehead atoms. The molecule has 0 aromatic rings. The summed E-state index contributed by atoms with van der Waals surface area (Å²) in [5.41, 5.74) is 2.68. The summed E-state index contributed by atoms with van der Waals surface area (Å²) in [6, 6.07) is 0. The van der Waals surface area contributed by atoms with Crippen LogP contribution in [0.15, 0.2) is 23.9 Å². The maximum Gasteiger partial charge on any atom is 0.0346 e. The van der Waals surface area contributed by atoms with Crippen LogP contribution in [0.5, 0.6) is 0 Å². The average Bonchev–Trinajstić information content (AvgIpc) is 2.45. The monoisotopic (exact) mass is 243 g/mol. The Labute approximate surface area is 112 Å². The zero-order chi connectivity index (χ0) is 14.9. The molecule has 1 heteroatoms. The molecule has 0 rings (SSSR count). The molecule has 0 N–H and O–H groups in total.